The van der Waals surface area contributed by atoms with Gasteiger partial charge in [0.2, 0.25) is 5.91 Å². The lowest BCUT2D eigenvalue weighted by Crippen LogP contribution is -2.41. The first-order chi connectivity index (χ1) is 10.1. The van der Waals surface area contributed by atoms with Crippen LogP contribution in [0.2, 0.25) is 0 Å². The molecule has 1 heterocycles. The number of hydrogen-bond acceptors (Lipinski definition) is 3. The van der Waals surface area contributed by atoms with Crippen molar-refractivity contribution in [3.8, 4) is 0 Å². The first-order valence-electron chi connectivity index (χ1n) is 7.32. The summed E-state index contributed by atoms with van der Waals surface area (Å²) in [6.45, 7) is 3.77. The van der Waals surface area contributed by atoms with Crippen LogP contribution < -0.4 is 0 Å². The molecule has 1 aliphatic heterocycles. The summed E-state index contributed by atoms with van der Waals surface area (Å²) in [5, 5.41) is 9.68. The SMILES string of the molecule is CCC1CN(C(=O)CCc2ccccc2C(=O)O)CCS1. The Kier molecular flexibility index (Phi) is 5.67. The molecular formula is C16H21NO3S. The third-order valence-electron chi connectivity index (χ3n) is 3.80. The van der Waals surface area contributed by atoms with Gasteiger partial charge in [0.1, 0.15) is 0 Å². The summed E-state index contributed by atoms with van der Waals surface area (Å²) in [4.78, 5) is 25.4. The minimum atomic E-state index is -0.932. The van der Waals surface area contributed by atoms with Crippen LogP contribution in [0.25, 0.3) is 0 Å². The Labute approximate surface area is 129 Å². The highest BCUT2D eigenvalue weighted by Gasteiger charge is 2.23. The molecule has 114 valence electrons. The number of aromatic carboxylic acids is 1. The summed E-state index contributed by atoms with van der Waals surface area (Å²) in [5.74, 6) is 0.197. The van der Waals surface area contributed by atoms with Crippen LogP contribution >= 0.6 is 11.8 Å². The molecule has 0 aliphatic carbocycles. The summed E-state index contributed by atoms with van der Waals surface area (Å²) < 4.78 is 0. The van der Waals surface area contributed by atoms with Gasteiger partial charge >= 0.3 is 5.97 Å². The molecule has 1 aromatic rings. The monoisotopic (exact) mass is 307 g/mol. The van der Waals surface area contributed by atoms with Crippen LogP contribution in [-0.2, 0) is 11.2 Å². The second-order valence-electron chi connectivity index (χ2n) is 5.20. The van der Waals surface area contributed by atoms with Crippen LogP contribution in [0.15, 0.2) is 24.3 Å². The number of aryl methyl sites for hydroxylation is 1. The van der Waals surface area contributed by atoms with Gasteiger partial charge in [-0.05, 0) is 24.5 Å². The molecule has 4 nitrogen and oxygen atoms in total. The van der Waals surface area contributed by atoms with Gasteiger partial charge in [-0.2, -0.15) is 11.8 Å². The minimum Gasteiger partial charge on any atom is -0.478 e. The number of carboxylic acids is 1. The lowest BCUT2D eigenvalue weighted by atomic mass is 10.0. The van der Waals surface area contributed by atoms with Crippen LogP contribution in [0, 0.1) is 0 Å². The van der Waals surface area contributed by atoms with Crippen LogP contribution in [0.1, 0.15) is 35.7 Å². The molecule has 5 heteroatoms. The number of hydrogen-bond donors (Lipinski definition) is 1. The second-order valence-corrected chi connectivity index (χ2v) is 6.61. The van der Waals surface area contributed by atoms with E-state index < -0.39 is 5.97 Å². The molecule has 0 spiro atoms. The van der Waals surface area contributed by atoms with Crippen molar-refractivity contribution in [1.82, 2.24) is 4.90 Å². The average Bonchev–Trinajstić information content (AvgIpc) is 2.52. The van der Waals surface area contributed by atoms with E-state index in [0.717, 1.165) is 30.8 Å². The van der Waals surface area contributed by atoms with E-state index in [1.807, 2.05) is 22.7 Å². The molecule has 1 aromatic carbocycles. The highest BCUT2D eigenvalue weighted by molar-refractivity contribution is 8.00. The van der Waals surface area contributed by atoms with Gasteiger partial charge in [-0.15, -0.1) is 0 Å². The van der Waals surface area contributed by atoms with Gasteiger partial charge in [0.15, 0.2) is 0 Å². The van der Waals surface area contributed by atoms with Crippen molar-refractivity contribution in [2.45, 2.75) is 31.4 Å². The number of nitrogens with zero attached hydrogens (tertiary/aromatic N) is 1. The highest BCUT2D eigenvalue weighted by atomic mass is 32.2. The first-order valence-corrected chi connectivity index (χ1v) is 8.37. The molecule has 1 N–H and O–H groups in total. The summed E-state index contributed by atoms with van der Waals surface area (Å²) >= 11 is 1.93. The smallest absolute Gasteiger partial charge is 0.335 e. The molecule has 0 radical (unpaired) electrons. The van der Waals surface area contributed by atoms with E-state index in [1.54, 1.807) is 18.2 Å². The molecule has 1 aliphatic rings. The largest absolute Gasteiger partial charge is 0.478 e. The topological polar surface area (TPSA) is 57.6 Å². The number of thioether (sulfide) groups is 1. The number of rotatable bonds is 5. The number of benzene rings is 1. The van der Waals surface area contributed by atoms with Crippen LogP contribution in [0.3, 0.4) is 0 Å². The van der Waals surface area contributed by atoms with E-state index in [-0.39, 0.29) is 5.91 Å². The normalized spacial score (nSPS) is 18.5. The van der Waals surface area contributed by atoms with Gasteiger partial charge in [-0.1, -0.05) is 25.1 Å². The molecule has 1 fully saturated rings. The highest BCUT2D eigenvalue weighted by Crippen LogP contribution is 2.22. The fraction of sp³-hybridized carbons (Fsp3) is 0.500. The maximum atomic E-state index is 12.3. The summed E-state index contributed by atoms with van der Waals surface area (Å²) in [6.07, 6.45) is 1.95. The molecule has 1 unspecified atom stereocenters. The molecule has 0 bridgehead atoms. The number of amides is 1. The van der Waals surface area contributed by atoms with E-state index in [0.29, 0.717) is 23.7 Å². The van der Waals surface area contributed by atoms with Gasteiger partial charge in [0, 0.05) is 30.5 Å². The van der Waals surface area contributed by atoms with Crippen molar-refractivity contribution in [2.24, 2.45) is 0 Å². The standard InChI is InChI=1S/C16H21NO3S/c1-2-13-11-17(9-10-21-13)15(18)8-7-12-5-3-4-6-14(12)16(19)20/h3-6,13H,2,7-11H2,1H3,(H,19,20). The van der Waals surface area contributed by atoms with Gasteiger partial charge in [-0.25, -0.2) is 4.79 Å². The molecule has 0 aromatic heterocycles. The van der Waals surface area contributed by atoms with Gasteiger partial charge in [-0.3, -0.25) is 4.79 Å². The van der Waals surface area contributed by atoms with Crippen molar-refractivity contribution in [1.29, 1.82) is 0 Å². The predicted molar refractivity (Wildman–Crippen MR) is 84.8 cm³/mol. The Balaban J connectivity index is 1.94. The van der Waals surface area contributed by atoms with Crippen molar-refractivity contribution < 1.29 is 14.7 Å². The summed E-state index contributed by atoms with van der Waals surface area (Å²) in [7, 11) is 0. The number of carbonyl (C=O) groups excluding carboxylic acids is 1. The van der Waals surface area contributed by atoms with Gasteiger partial charge in [0.25, 0.3) is 0 Å². The molecule has 1 atom stereocenters. The maximum absolute atomic E-state index is 12.3. The van der Waals surface area contributed by atoms with Gasteiger partial charge in [0.05, 0.1) is 5.56 Å². The Morgan fingerprint density at radius 3 is 2.86 bits per heavy atom. The minimum absolute atomic E-state index is 0.133. The lowest BCUT2D eigenvalue weighted by Gasteiger charge is -2.32. The summed E-state index contributed by atoms with van der Waals surface area (Å²) in [5.41, 5.74) is 1.03. The van der Waals surface area contributed by atoms with Crippen molar-refractivity contribution in [3.63, 3.8) is 0 Å². The molecule has 21 heavy (non-hydrogen) atoms. The van der Waals surface area contributed by atoms with E-state index in [1.165, 1.54) is 0 Å². The number of carboxylic acid groups (broad SMARTS) is 1. The van der Waals surface area contributed by atoms with Crippen molar-refractivity contribution >= 4 is 23.6 Å². The molecule has 1 saturated heterocycles. The average molecular weight is 307 g/mol. The zero-order valence-corrected chi connectivity index (χ0v) is 13.1. The second kappa shape index (κ2) is 7.50. The van der Waals surface area contributed by atoms with Gasteiger partial charge < -0.3 is 10.0 Å². The third-order valence-corrected chi connectivity index (χ3v) is 5.17. The van der Waals surface area contributed by atoms with Crippen LogP contribution in [-0.4, -0.2) is 46.0 Å². The third kappa shape index (κ3) is 4.24. The zero-order chi connectivity index (χ0) is 15.2. The first kappa shape index (κ1) is 15.9. The quantitative estimate of drug-likeness (QED) is 0.908. The molecule has 1 amide bonds. The molecule has 0 saturated carbocycles. The van der Waals surface area contributed by atoms with E-state index in [2.05, 4.69) is 6.92 Å². The zero-order valence-electron chi connectivity index (χ0n) is 12.2. The van der Waals surface area contributed by atoms with Crippen LogP contribution in [0.4, 0.5) is 0 Å². The fourth-order valence-corrected chi connectivity index (χ4v) is 3.72. The van der Waals surface area contributed by atoms with E-state index in [4.69, 9.17) is 5.11 Å². The molecule has 2 rings (SSSR count). The Bertz CT molecular complexity index is 518. The Morgan fingerprint density at radius 1 is 1.38 bits per heavy atom. The van der Waals surface area contributed by atoms with Crippen molar-refractivity contribution in [2.75, 3.05) is 18.8 Å². The lowest BCUT2D eigenvalue weighted by molar-refractivity contribution is -0.131. The molecular weight excluding hydrogens is 286 g/mol. The van der Waals surface area contributed by atoms with Crippen molar-refractivity contribution in [3.05, 3.63) is 35.4 Å². The number of carbonyl (C=O) groups is 2. The Morgan fingerprint density at radius 2 is 2.14 bits per heavy atom. The predicted octanol–water partition coefficient (Wildman–Crippen LogP) is 2.67. The van der Waals surface area contributed by atoms with E-state index in [9.17, 15) is 9.59 Å². The maximum Gasteiger partial charge on any atom is 0.335 e. The van der Waals surface area contributed by atoms with Crippen LogP contribution in [0.5, 0.6) is 0 Å². The Hall–Kier alpha value is -1.49. The van der Waals surface area contributed by atoms with E-state index >= 15 is 0 Å². The summed E-state index contributed by atoms with van der Waals surface area (Å²) in [6, 6.07) is 6.91. The fourth-order valence-electron chi connectivity index (χ4n) is 2.54.